The summed E-state index contributed by atoms with van der Waals surface area (Å²) in [5.74, 6) is -1.50. The third-order valence-electron chi connectivity index (χ3n) is 1.85. The molecule has 0 bridgehead atoms. The lowest BCUT2D eigenvalue weighted by molar-refractivity contribution is 0.0887. The van der Waals surface area contributed by atoms with Crippen molar-refractivity contribution in [2.24, 2.45) is 0 Å². The molecule has 0 heterocycles. The zero-order valence-corrected chi connectivity index (χ0v) is 8.06. The van der Waals surface area contributed by atoms with Gasteiger partial charge in [0, 0.05) is 0 Å². The third kappa shape index (κ3) is 2.97. The van der Waals surface area contributed by atoms with Crippen molar-refractivity contribution in [2.75, 3.05) is 6.54 Å². The van der Waals surface area contributed by atoms with Gasteiger partial charge in [0.2, 0.25) is 0 Å². The summed E-state index contributed by atoms with van der Waals surface area (Å²) in [4.78, 5) is 11.2. The van der Waals surface area contributed by atoms with Crippen LogP contribution in [0, 0.1) is 12.7 Å². The highest BCUT2D eigenvalue weighted by Gasteiger charge is 2.14. The minimum Gasteiger partial charge on any atom is -0.346 e. The number of alkyl halides is 2. The van der Waals surface area contributed by atoms with Crippen molar-refractivity contribution >= 4 is 5.91 Å². The van der Waals surface area contributed by atoms with Crippen LogP contribution in [0.15, 0.2) is 18.2 Å². The molecule has 1 amide bonds. The molecule has 0 fully saturated rings. The minimum absolute atomic E-state index is 0.212. The molecule has 1 aromatic rings. The minimum atomic E-state index is -2.64. The van der Waals surface area contributed by atoms with Crippen molar-refractivity contribution in [1.82, 2.24) is 5.32 Å². The van der Waals surface area contributed by atoms with Crippen LogP contribution in [0.5, 0.6) is 0 Å². The number of halogens is 3. The number of hydrogen-bond acceptors (Lipinski definition) is 1. The van der Waals surface area contributed by atoms with Crippen molar-refractivity contribution in [2.45, 2.75) is 13.3 Å². The van der Waals surface area contributed by atoms with Crippen molar-refractivity contribution < 1.29 is 18.0 Å². The van der Waals surface area contributed by atoms with Gasteiger partial charge in [-0.1, -0.05) is 12.1 Å². The van der Waals surface area contributed by atoms with E-state index < -0.39 is 24.7 Å². The van der Waals surface area contributed by atoms with Crippen molar-refractivity contribution in [1.29, 1.82) is 0 Å². The van der Waals surface area contributed by atoms with E-state index in [1.54, 1.807) is 0 Å². The van der Waals surface area contributed by atoms with Crippen LogP contribution in [0.25, 0.3) is 0 Å². The Morgan fingerprint density at radius 2 is 2.13 bits per heavy atom. The Kier molecular flexibility index (Phi) is 3.71. The van der Waals surface area contributed by atoms with Gasteiger partial charge < -0.3 is 5.32 Å². The maximum absolute atomic E-state index is 13.3. The molecule has 0 aliphatic rings. The molecule has 0 saturated heterocycles. The van der Waals surface area contributed by atoms with Gasteiger partial charge in [0.15, 0.2) is 0 Å². The first-order valence-corrected chi connectivity index (χ1v) is 4.34. The highest BCUT2D eigenvalue weighted by molar-refractivity contribution is 5.94. The number of hydrogen-bond donors (Lipinski definition) is 1. The summed E-state index contributed by atoms with van der Waals surface area (Å²) in [5, 5.41) is 1.94. The maximum atomic E-state index is 13.3. The first kappa shape index (κ1) is 11.6. The van der Waals surface area contributed by atoms with Crippen LogP contribution < -0.4 is 5.32 Å². The van der Waals surface area contributed by atoms with Crippen LogP contribution in [0.1, 0.15) is 15.9 Å². The standard InChI is InChI=1S/C10H10F3NO/c1-6-3-2-4-7(9(6)13)10(15)14-5-8(11)12/h2-4,8H,5H2,1H3,(H,14,15). The Balaban J connectivity index is 2.78. The summed E-state index contributed by atoms with van der Waals surface area (Å²) in [6.07, 6.45) is -2.64. The van der Waals surface area contributed by atoms with E-state index in [0.717, 1.165) is 0 Å². The Bertz CT molecular complexity index is 366. The zero-order chi connectivity index (χ0) is 11.4. The summed E-state index contributed by atoms with van der Waals surface area (Å²) in [6, 6.07) is 4.25. The lowest BCUT2D eigenvalue weighted by atomic mass is 10.1. The average Bonchev–Trinajstić information content (AvgIpc) is 2.18. The Hall–Kier alpha value is -1.52. The largest absolute Gasteiger partial charge is 0.346 e. The summed E-state index contributed by atoms with van der Waals surface area (Å²) in [6.45, 7) is 0.728. The van der Waals surface area contributed by atoms with Crippen LogP contribution in [-0.2, 0) is 0 Å². The van der Waals surface area contributed by atoms with Gasteiger partial charge >= 0.3 is 0 Å². The van der Waals surface area contributed by atoms with E-state index in [1.165, 1.54) is 25.1 Å². The molecule has 1 N–H and O–H groups in total. The molecule has 0 spiro atoms. The van der Waals surface area contributed by atoms with E-state index >= 15 is 0 Å². The molecular weight excluding hydrogens is 207 g/mol. The molecule has 0 saturated carbocycles. The molecule has 0 radical (unpaired) electrons. The van der Waals surface area contributed by atoms with Gasteiger partial charge in [0.05, 0.1) is 12.1 Å². The first-order chi connectivity index (χ1) is 7.02. The summed E-state index contributed by atoms with van der Waals surface area (Å²) in [7, 11) is 0. The van der Waals surface area contributed by atoms with Gasteiger partial charge in [-0.25, -0.2) is 13.2 Å². The van der Waals surface area contributed by atoms with Gasteiger partial charge in [-0.05, 0) is 18.6 Å². The van der Waals surface area contributed by atoms with Crippen LogP contribution >= 0.6 is 0 Å². The quantitative estimate of drug-likeness (QED) is 0.825. The number of nitrogens with one attached hydrogen (secondary N) is 1. The number of amides is 1. The van der Waals surface area contributed by atoms with Crippen LogP contribution in [0.2, 0.25) is 0 Å². The van der Waals surface area contributed by atoms with Gasteiger partial charge in [-0.2, -0.15) is 0 Å². The fourth-order valence-electron chi connectivity index (χ4n) is 1.09. The monoisotopic (exact) mass is 217 g/mol. The number of rotatable bonds is 3. The van der Waals surface area contributed by atoms with E-state index in [0.29, 0.717) is 5.56 Å². The Labute approximate surface area is 85.1 Å². The highest BCUT2D eigenvalue weighted by Crippen LogP contribution is 2.11. The highest BCUT2D eigenvalue weighted by atomic mass is 19.3. The fourth-order valence-corrected chi connectivity index (χ4v) is 1.09. The maximum Gasteiger partial charge on any atom is 0.255 e. The molecule has 2 nitrogen and oxygen atoms in total. The molecule has 1 aromatic carbocycles. The lowest BCUT2D eigenvalue weighted by Crippen LogP contribution is -2.29. The second-order valence-electron chi connectivity index (χ2n) is 3.04. The molecule has 1 rings (SSSR count). The number of carbonyl (C=O) groups excluding carboxylic acids is 1. The van der Waals surface area contributed by atoms with Crippen LogP contribution in [-0.4, -0.2) is 18.9 Å². The molecule has 0 atom stereocenters. The predicted octanol–water partition coefficient (Wildman–Crippen LogP) is 2.13. The van der Waals surface area contributed by atoms with Gasteiger partial charge in [0.1, 0.15) is 5.82 Å². The Morgan fingerprint density at radius 1 is 1.47 bits per heavy atom. The SMILES string of the molecule is Cc1cccc(C(=O)NCC(F)F)c1F. The van der Waals surface area contributed by atoms with Crippen LogP contribution in [0.4, 0.5) is 13.2 Å². The smallest absolute Gasteiger partial charge is 0.255 e. The van der Waals surface area contributed by atoms with E-state index in [4.69, 9.17) is 0 Å². The molecule has 0 unspecified atom stereocenters. The van der Waals surface area contributed by atoms with E-state index in [-0.39, 0.29) is 5.56 Å². The molecule has 82 valence electrons. The van der Waals surface area contributed by atoms with Gasteiger partial charge in [-0.3, -0.25) is 4.79 Å². The molecule has 0 aliphatic carbocycles. The first-order valence-electron chi connectivity index (χ1n) is 4.34. The zero-order valence-electron chi connectivity index (χ0n) is 8.06. The van der Waals surface area contributed by atoms with E-state index in [2.05, 4.69) is 0 Å². The predicted molar refractivity (Wildman–Crippen MR) is 49.5 cm³/mol. The van der Waals surface area contributed by atoms with E-state index in [1.807, 2.05) is 5.32 Å². The fraction of sp³-hybridized carbons (Fsp3) is 0.300. The second-order valence-corrected chi connectivity index (χ2v) is 3.04. The number of benzene rings is 1. The average molecular weight is 217 g/mol. The molecule has 15 heavy (non-hydrogen) atoms. The molecular formula is C10H10F3NO. The molecule has 0 aliphatic heterocycles. The van der Waals surface area contributed by atoms with E-state index in [9.17, 15) is 18.0 Å². The normalized spacial score (nSPS) is 10.5. The summed E-state index contributed by atoms with van der Waals surface area (Å²) in [5.41, 5.74) is 0.0929. The topological polar surface area (TPSA) is 29.1 Å². The third-order valence-corrected chi connectivity index (χ3v) is 1.85. The van der Waals surface area contributed by atoms with Crippen LogP contribution in [0.3, 0.4) is 0 Å². The molecule has 0 aromatic heterocycles. The van der Waals surface area contributed by atoms with Crippen molar-refractivity contribution in [3.8, 4) is 0 Å². The number of aryl methyl sites for hydroxylation is 1. The molecule has 5 heteroatoms. The second kappa shape index (κ2) is 4.82. The van der Waals surface area contributed by atoms with Gasteiger partial charge in [-0.15, -0.1) is 0 Å². The number of carbonyl (C=O) groups is 1. The lowest BCUT2D eigenvalue weighted by Gasteiger charge is -2.06. The van der Waals surface area contributed by atoms with Gasteiger partial charge in [0.25, 0.3) is 12.3 Å². The summed E-state index contributed by atoms with van der Waals surface area (Å²) < 4.78 is 36.9. The summed E-state index contributed by atoms with van der Waals surface area (Å²) >= 11 is 0. The van der Waals surface area contributed by atoms with Crippen molar-refractivity contribution in [3.63, 3.8) is 0 Å². The Morgan fingerprint density at radius 3 is 2.73 bits per heavy atom. The van der Waals surface area contributed by atoms with Crippen molar-refractivity contribution in [3.05, 3.63) is 35.1 Å².